The van der Waals surface area contributed by atoms with Crippen LogP contribution in [0.3, 0.4) is 0 Å². The molecule has 0 aliphatic carbocycles. The predicted molar refractivity (Wildman–Crippen MR) is 106 cm³/mol. The zero-order chi connectivity index (χ0) is 22.1. The Balaban J connectivity index is 1.85. The molecule has 6 nitrogen and oxygen atoms in total. The first kappa shape index (κ1) is 20.1. The topological polar surface area (TPSA) is 81.4 Å². The van der Waals surface area contributed by atoms with Gasteiger partial charge in [0.2, 0.25) is 5.43 Å². The fourth-order valence-electron chi connectivity index (χ4n) is 3.29. The molecule has 0 radical (unpaired) electrons. The molecule has 0 aliphatic rings. The van der Waals surface area contributed by atoms with E-state index in [-0.39, 0.29) is 12.1 Å². The number of carbonyl (C=O) groups is 1. The lowest BCUT2D eigenvalue weighted by molar-refractivity contribution is 0.143. The number of benzene rings is 2. The van der Waals surface area contributed by atoms with Crippen LogP contribution in [0.25, 0.3) is 22.0 Å². The molecule has 156 valence electrons. The molecule has 4 aromatic rings. The molecule has 31 heavy (non-hydrogen) atoms. The number of pyridine rings is 2. The van der Waals surface area contributed by atoms with Crippen LogP contribution in [0.4, 0.5) is 18.0 Å². The van der Waals surface area contributed by atoms with Crippen LogP contribution < -0.4 is 10.2 Å². The summed E-state index contributed by atoms with van der Waals surface area (Å²) in [6.07, 6.45) is 2.26. The van der Waals surface area contributed by atoms with E-state index in [4.69, 9.17) is 5.11 Å². The highest BCUT2D eigenvalue weighted by atomic mass is 19.1. The highest BCUT2D eigenvalue weighted by Crippen LogP contribution is 2.25. The van der Waals surface area contributed by atoms with E-state index in [1.165, 1.54) is 12.1 Å². The van der Waals surface area contributed by atoms with E-state index in [9.17, 15) is 22.8 Å². The standard InChI is InChI=1S/C22H13F3N2O4/c23-15-5-6-16(24)20-19(15)21(28)18(31-22(29)30)11-27(20)10-14-4-3-12(8-17(14)25)13-2-1-7-26-9-13/h1-9,11H,10H2,(H,29,30). The second-order valence-electron chi connectivity index (χ2n) is 6.62. The molecule has 0 bridgehead atoms. The fourth-order valence-corrected chi connectivity index (χ4v) is 3.29. The summed E-state index contributed by atoms with van der Waals surface area (Å²) in [5, 5.41) is 8.16. The minimum atomic E-state index is -1.80. The van der Waals surface area contributed by atoms with Gasteiger partial charge in [-0.1, -0.05) is 18.2 Å². The quantitative estimate of drug-likeness (QED) is 0.483. The van der Waals surface area contributed by atoms with Gasteiger partial charge in [0.1, 0.15) is 17.5 Å². The third-order valence-electron chi connectivity index (χ3n) is 4.67. The van der Waals surface area contributed by atoms with Gasteiger partial charge in [-0.15, -0.1) is 0 Å². The Morgan fingerprint density at radius 1 is 1.03 bits per heavy atom. The number of rotatable bonds is 4. The van der Waals surface area contributed by atoms with Crippen molar-refractivity contribution in [3.63, 3.8) is 0 Å². The third kappa shape index (κ3) is 3.85. The number of nitrogens with zero attached hydrogens (tertiary/aromatic N) is 2. The van der Waals surface area contributed by atoms with Crippen molar-refractivity contribution in [2.24, 2.45) is 0 Å². The molecule has 4 rings (SSSR count). The van der Waals surface area contributed by atoms with E-state index < -0.39 is 45.7 Å². The normalized spacial score (nSPS) is 10.9. The fraction of sp³-hybridized carbons (Fsp3) is 0.0455. The van der Waals surface area contributed by atoms with E-state index >= 15 is 0 Å². The molecule has 0 fully saturated rings. The second kappa shape index (κ2) is 7.94. The molecule has 9 heteroatoms. The average Bonchev–Trinajstić information content (AvgIpc) is 2.74. The van der Waals surface area contributed by atoms with Crippen molar-refractivity contribution in [2.45, 2.75) is 6.54 Å². The van der Waals surface area contributed by atoms with Crippen LogP contribution in [0, 0.1) is 17.5 Å². The summed E-state index contributed by atoms with van der Waals surface area (Å²) in [7, 11) is 0. The molecule has 2 heterocycles. The minimum absolute atomic E-state index is 0.0996. The van der Waals surface area contributed by atoms with Gasteiger partial charge in [-0.25, -0.2) is 18.0 Å². The summed E-state index contributed by atoms with van der Waals surface area (Å²) in [4.78, 5) is 27.3. The molecular formula is C22H13F3N2O4. The van der Waals surface area contributed by atoms with Gasteiger partial charge < -0.3 is 14.4 Å². The van der Waals surface area contributed by atoms with Crippen molar-refractivity contribution in [3.05, 3.63) is 94.3 Å². The molecule has 1 N–H and O–H groups in total. The van der Waals surface area contributed by atoms with Gasteiger partial charge in [0.25, 0.3) is 0 Å². The van der Waals surface area contributed by atoms with Crippen LogP contribution in [0.5, 0.6) is 5.75 Å². The molecule has 0 atom stereocenters. The van der Waals surface area contributed by atoms with E-state index in [1.54, 1.807) is 30.6 Å². The summed E-state index contributed by atoms with van der Waals surface area (Å²) < 4.78 is 49.1. The summed E-state index contributed by atoms with van der Waals surface area (Å²) >= 11 is 0. The lowest BCUT2D eigenvalue weighted by atomic mass is 10.0. The first-order chi connectivity index (χ1) is 14.8. The summed E-state index contributed by atoms with van der Waals surface area (Å²) in [5.41, 5.74) is -0.211. The Bertz CT molecular complexity index is 1370. The monoisotopic (exact) mass is 426 g/mol. The van der Waals surface area contributed by atoms with Gasteiger partial charge >= 0.3 is 6.16 Å². The van der Waals surface area contributed by atoms with Crippen LogP contribution in [-0.4, -0.2) is 20.8 Å². The van der Waals surface area contributed by atoms with Crippen molar-refractivity contribution >= 4 is 17.1 Å². The average molecular weight is 426 g/mol. The van der Waals surface area contributed by atoms with Crippen molar-refractivity contribution in [1.29, 1.82) is 0 Å². The lowest BCUT2D eigenvalue weighted by Crippen LogP contribution is -2.18. The van der Waals surface area contributed by atoms with Crippen LogP contribution in [-0.2, 0) is 6.54 Å². The van der Waals surface area contributed by atoms with Gasteiger partial charge in [-0.2, -0.15) is 0 Å². The highest BCUT2D eigenvalue weighted by Gasteiger charge is 2.20. The number of aromatic nitrogens is 2. The maximum absolute atomic E-state index is 14.8. The molecule has 2 aromatic heterocycles. The SMILES string of the molecule is O=C(O)Oc1cn(Cc2ccc(-c3cccnc3)cc2F)c2c(F)ccc(F)c2c1=O. The Hall–Kier alpha value is -4.14. The largest absolute Gasteiger partial charge is 0.511 e. The van der Waals surface area contributed by atoms with Crippen LogP contribution >= 0.6 is 0 Å². The third-order valence-corrected chi connectivity index (χ3v) is 4.67. The van der Waals surface area contributed by atoms with Gasteiger partial charge in [-0.05, 0) is 29.8 Å². The first-order valence-electron chi connectivity index (χ1n) is 8.96. The Kier molecular flexibility index (Phi) is 5.16. The van der Waals surface area contributed by atoms with Crippen molar-refractivity contribution in [1.82, 2.24) is 9.55 Å². The molecule has 0 aliphatic heterocycles. The summed E-state index contributed by atoms with van der Waals surface area (Å²) in [6.45, 7) is -0.313. The lowest BCUT2D eigenvalue weighted by Gasteiger charge is -2.15. The van der Waals surface area contributed by atoms with E-state index in [0.717, 1.165) is 22.9 Å². The van der Waals surface area contributed by atoms with Crippen molar-refractivity contribution in [3.8, 4) is 16.9 Å². The Morgan fingerprint density at radius 2 is 1.81 bits per heavy atom. The van der Waals surface area contributed by atoms with Crippen molar-refractivity contribution < 1.29 is 27.8 Å². The highest BCUT2D eigenvalue weighted by molar-refractivity contribution is 5.82. The van der Waals surface area contributed by atoms with Crippen molar-refractivity contribution in [2.75, 3.05) is 0 Å². The number of halogens is 3. The van der Waals surface area contributed by atoms with Crippen LogP contribution in [0.1, 0.15) is 5.56 Å². The second-order valence-corrected chi connectivity index (χ2v) is 6.62. The van der Waals surface area contributed by atoms with Gasteiger partial charge in [0.15, 0.2) is 5.75 Å². The molecular weight excluding hydrogens is 413 g/mol. The van der Waals surface area contributed by atoms with Gasteiger partial charge in [0, 0.05) is 23.5 Å². The Labute approximate surface area is 172 Å². The molecule has 0 spiro atoms. The first-order valence-corrected chi connectivity index (χ1v) is 8.96. The molecule has 0 saturated carbocycles. The number of carboxylic acid groups (broad SMARTS) is 1. The van der Waals surface area contributed by atoms with E-state index in [0.29, 0.717) is 11.1 Å². The molecule has 2 aromatic carbocycles. The summed E-state index contributed by atoms with van der Waals surface area (Å²) in [6, 6.07) is 9.38. The zero-order valence-electron chi connectivity index (χ0n) is 15.7. The van der Waals surface area contributed by atoms with Crippen LogP contribution in [0.2, 0.25) is 0 Å². The van der Waals surface area contributed by atoms with Crippen LogP contribution in [0.15, 0.2) is 65.8 Å². The molecule has 0 unspecified atom stereocenters. The Morgan fingerprint density at radius 3 is 2.48 bits per heavy atom. The number of fused-ring (bicyclic) bond motifs is 1. The molecule has 0 saturated heterocycles. The smallest absolute Gasteiger partial charge is 0.449 e. The summed E-state index contributed by atoms with van der Waals surface area (Å²) in [5.74, 6) is -3.34. The van der Waals surface area contributed by atoms with Gasteiger partial charge in [-0.3, -0.25) is 9.78 Å². The minimum Gasteiger partial charge on any atom is -0.449 e. The predicted octanol–water partition coefficient (Wildman–Crippen LogP) is 4.59. The molecule has 0 amide bonds. The maximum Gasteiger partial charge on any atom is 0.511 e. The zero-order valence-corrected chi connectivity index (χ0v) is 15.7. The number of ether oxygens (including phenoxy) is 1. The van der Waals surface area contributed by atoms with Gasteiger partial charge in [0.05, 0.1) is 23.6 Å². The maximum atomic E-state index is 14.8. The number of hydrogen-bond acceptors (Lipinski definition) is 4. The van der Waals surface area contributed by atoms with E-state index in [1.807, 2.05) is 0 Å². The number of hydrogen-bond donors (Lipinski definition) is 1. The van der Waals surface area contributed by atoms with E-state index in [2.05, 4.69) is 9.72 Å².